The van der Waals surface area contributed by atoms with Crippen molar-refractivity contribution in [2.45, 2.75) is 11.0 Å². The molecule has 1 aromatic heterocycles. The predicted octanol–water partition coefficient (Wildman–Crippen LogP) is 1.18. The van der Waals surface area contributed by atoms with E-state index in [4.69, 9.17) is 0 Å². The van der Waals surface area contributed by atoms with Gasteiger partial charge < -0.3 is 10.4 Å². The topological polar surface area (TPSA) is 45.1 Å². The molecule has 0 spiro atoms. The number of nitrogens with zero attached hydrogens (tertiary/aromatic N) is 1. The number of β-amino-alcohol motifs (C(OH)–C–C–N with tert-alkyl or cyclic N) is 1. The number of aliphatic hydroxyl groups is 1. The summed E-state index contributed by atoms with van der Waals surface area (Å²) in [6.45, 7) is 1.67. The van der Waals surface area contributed by atoms with Crippen molar-refractivity contribution in [1.29, 1.82) is 0 Å². The van der Waals surface area contributed by atoms with E-state index in [1.165, 1.54) is 4.90 Å². The molecule has 0 aliphatic carbocycles. The number of pyridine rings is 1. The van der Waals surface area contributed by atoms with E-state index >= 15 is 0 Å². The minimum atomic E-state index is -0.177. The Balaban J connectivity index is 0.00000112. The molecule has 1 fully saturated rings. The van der Waals surface area contributed by atoms with E-state index < -0.39 is 0 Å². The van der Waals surface area contributed by atoms with E-state index in [0.29, 0.717) is 5.92 Å². The molecule has 0 saturated carbocycles. The number of halogens is 1. The van der Waals surface area contributed by atoms with Crippen molar-refractivity contribution >= 4 is 24.2 Å². The molecule has 84 valence electrons. The van der Waals surface area contributed by atoms with E-state index in [2.05, 4.69) is 10.3 Å². The first-order valence-corrected chi connectivity index (χ1v) is 5.76. The Kier molecular flexibility index (Phi) is 5.39. The van der Waals surface area contributed by atoms with Gasteiger partial charge in [0.2, 0.25) is 0 Å². The summed E-state index contributed by atoms with van der Waals surface area (Å²) in [5.74, 6) is 1.35. The molecule has 2 rings (SSSR count). The van der Waals surface area contributed by atoms with Crippen LogP contribution in [0.2, 0.25) is 0 Å². The van der Waals surface area contributed by atoms with Crippen LogP contribution in [0.3, 0.4) is 0 Å². The maximum atomic E-state index is 9.58. The Morgan fingerprint density at radius 2 is 2.13 bits per heavy atom. The number of hydrogen-bond donors (Lipinski definition) is 2. The summed E-state index contributed by atoms with van der Waals surface area (Å²) in [6.07, 6.45) is 3.42. The summed E-state index contributed by atoms with van der Waals surface area (Å²) < 4.78 is 0. The van der Waals surface area contributed by atoms with Crippen molar-refractivity contribution in [3.8, 4) is 0 Å². The Morgan fingerprint density at radius 1 is 1.40 bits per heavy atom. The fourth-order valence-electron chi connectivity index (χ4n) is 1.53. The van der Waals surface area contributed by atoms with Crippen molar-refractivity contribution in [2.75, 3.05) is 18.8 Å². The molecule has 1 saturated heterocycles. The second kappa shape index (κ2) is 6.33. The molecule has 0 aromatic carbocycles. The molecule has 2 atom stereocenters. The lowest BCUT2D eigenvalue weighted by atomic mass is 10.1. The number of aromatic nitrogens is 1. The molecular weight excluding hydrogens is 232 g/mol. The van der Waals surface area contributed by atoms with Crippen molar-refractivity contribution in [3.05, 3.63) is 24.5 Å². The number of nitrogens with one attached hydrogen (secondary N) is 1. The second-order valence-corrected chi connectivity index (χ2v) is 4.57. The standard InChI is InChI=1S/C10H14N2OS.ClH/c13-10-6-12-5-8(10)7-14-9-1-3-11-4-2-9;/h1-4,8,10,12-13H,5-7H2;1H/t8-,10+;/m1./s1. The average Bonchev–Trinajstić information content (AvgIpc) is 2.63. The SMILES string of the molecule is Cl.O[C@H]1CNC[C@@H]1CSc1ccncc1. The van der Waals surface area contributed by atoms with Gasteiger partial charge in [-0.05, 0) is 12.1 Å². The van der Waals surface area contributed by atoms with Crippen LogP contribution in [-0.4, -0.2) is 35.0 Å². The molecule has 1 aliphatic heterocycles. The van der Waals surface area contributed by atoms with Crippen LogP contribution >= 0.6 is 24.2 Å². The second-order valence-electron chi connectivity index (χ2n) is 3.48. The number of thioether (sulfide) groups is 1. The minimum Gasteiger partial charge on any atom is -0.391 e. The van der Waals surface area contributed by atoms with Crippen LogP contribution in [0.4, 0.5) is 0 Å². The maximum absolute atomic E-state index is 9.58. The van der Waals surface area contributed by atoms with Gasteiger partial charge in [-0.2, -0.15) is 0 Å². The van der Waals surface area contributed by atoms with E-state index in [0.717, 1.165) is 18.8 Å². The zero-order valence-corrected chi connectivity index (χ0v) is 9.93. The monoisotopic (exact) mass is 246 g/mol. The molecule has 2 N–H and O–H groups in total. The third-order valence-corrected chi connectivity index (χ3v) is 3.62. The van der Waals surface area contributed by atoms with Gasteiger partial charge in [-0.15, -0.1) is 24.2 Å². The smallest absolute Gasteiger partial charge is 0.0712 e. The lowest BCUT2D eigenvalue weighted by molar-refractivity contribution is 0.158. The molecule has 0 unspecified atom stereocenters. The zero-order valence-electron chi connectivity index (χ0n) is 8.30. The quantitative estimate of drug-likeness (QED) is 0.787. The highest BCUT2D eigenvalue weighted by atomic mass is 35.5. The highest BCUT2D eigenvalue weighted by molar-refractivity contribution is 7.99. The van der Waals surface area contributed by atoms with Crippen molar-refractivity contribution in [2.24, 2.45) is 5.92 Å². The summed E-state index contributed by atoms with van der Waals surface area (Å²) in [5, 5.41) is 12.8. The summed E-state index contributed by atoms with van der Waals surface area (Å²) in [4.78, 5) is 5.19. The Labute approximate surface area is 100 Å². The van der Waals surface area contributed by atoms with E-state index in [1.54, 1.807) is 24.2 Å². The Morgan fingerprint density at radius 3 is 2.73 bits per heavy atom. The molecule has 15 heavy (non-hydrogen) atoms. The first-order chi connectivity index (χ1) is 6.86. The third-order valence-electron chi connectivity index (χ3n) is 2.42. The van der Waals surface area contributed by atoms with Gasteiger partial charge in [-0.1, -0.05) is 0 Å². The van der Waals surface area contributed by atoms with E-state index in [-0.39, 0.29) is 18.5 Å². The lowest BCUT2D eigenvalue weighted by Crippen LogP contribution is -2.19. The maximum Gasteiger partial charge on any atom is 0.0712 e. The summed E-state index contributed by atoms with van der Waals surface area (Å²) in [6, 6.07) is 4.00. The molecule has 0 bridgehead atoms. The lowest BCUT2D eigenvalue weighted by Gasteiger charge is -2.11. The van der Waals surface area contributed by atoms with Gasteiger partial charge in [-0.3, -0.25) is 4.98 Å². The van der Waals surface area contributed by atoms with Crippen molar-refractivity contribution in [1.82, 2.24) is 10.3 Å². The minimum absolute atomic E-state index is 0. The van der Waals surface area contributed by atoms with Crippen LogP contribution in [0, 0.1) is 5.92 Å². The number of rotatable bonds is 3. The zero-order chi connectivity index (χ0) is 9.80. The van der Waals surface area contributed by atoms with Crippen molar-refractivity contribution in [3.63, 3.8) is 0 Å². The normalized spacial score (nSPS) is 24.9. The highest BCUT2D eigenvalue weighted by Gasteiger charge is 2.24. The van der Waals surface area contributed by atoms with Crippen LogP contribution in [0.1, 0.15) is 0 Å². The Bertz CT molecular complexity index is 286. The third kappa shape index (κ3) is 3.65. The van der Waals surface area contributed by atoms with Crippen LogP contribution in [-0.2, 0) is 0 Å². The number of hydrogen-bond acceptors (Lipinski definition) is 4. The predicted molar refractivity (Wildman–Crippen MR) is 64.6 cm³/mol. The fraction of sp³-hybridized carbons (Fsp3) is 0.500. The largest absolute Gasteiger partial charge is 0.391 e. The van der Waals surface area contributed by atoms with Gasteiger partial charge >= 0.3 is 0 Å². The summed E-state index contributed by atoms with van der Waals surface area (Å²) in [5.41, 5.74) is 0. The number of aliphatic hydroxyl groups excluding tert-OH is 1. The van der Waals surface area contributed by atoms with E-state index in [1.807, 2.05) is 12.1 Å². The molecule has 1 aliphatic rings. The van der Waals surface area contributed by atoms with Gasteiger partial charge in [0.15, 0.2) is 0 Å². The average molecular weight is 247 g/mol. The molecule has 0 amide bonds. The van der Waals surface area contributed by atoms with Crippen LogP contribution in [0.5, 0.6) is 0 Å². The molecule has 3 nitrogen and oxygen atoms in total. The van der Waals surface area contributed by atoms with Gasteiger partial charge in [0.05, 0.1) is 6.10 Å². The fourth-order valence-corrected chi connectivity index (χ4v) is 2.59. The van der Waals surface area contributed by atoms with Gasteiger partial charge in [0, 0.05) is 42.0 Å². The first kappa shape index (κ1) is 12.8. The molecule has 2 heterocycles. The van der Waals surface area contributed by atoms with Crippen LogP contribution in [0.15, 0.2) is 29.4 Å². The Hall–Kier alpha value is -0.290. The first-order valence-electron chi connectivity index (χ1n) is 4.78. The molecule has 1 aromatic rings. The highest BCUT2D eigenvalue weighted by Crippen LogP contribution is 2.22. The molecule has 5 heteroatoms. The molecule has 0 radical (unpaired) electrons. The van der Waals surface area contributed by atoms with Gasteiger partial charge in [0.1, 0.15) is 0 Å². The summed E-state index contributed by atoms with van der Waals surface area (Å²) in [7, 11) is 0. The van der Waals surface area contributed by atoms with Gasteiger partial charge in [-0.25, -0.2) is 0 Å². The summed E-state index contributed by atoms with van der Waals surface area (Å²) >= 11 is 1.78. The van der Waals surface area contributed by atoms with Crippen molar-refractivity contribution < 1.29 is 5.11 Å². The van der Waals surface area contributed by atoms with Crippen LogP contribution < -0.4 is 5.32 Å². The van der Waals surface area contributed by atoms with E-state index in [9.17, 15) is 5.11 Å². The molecular formula is C10H15ClN2OS. The van der Waals surface area contributed by atoms with Crippen LogP contribution in [0.25, 0.3) is 0 Å². The van der Waals surface area contributed by atoms with Gasteiger partial charge in [0.25, 0.3) is 0 Å².